The van der Waals surface area contributed by atoms with Gasteiger partial charge < -0.3 is 5.11 Å². The molecule has 0 radical (unpaired) electrons. The topological polar surface area (TPSA) is 20.2 Å². The van der Waals surface area contributed by atoms with Crippen molar-refractivity contribution in [3.8, 4) is 16.9 Å². The van der Waals surface area contributed by atoms with E-state index in [4.69, 9.17) is 5.11 Å². The summed E-state index contributed by atoms with van der Waals surface area (Å²) in [6, 6.07) is 15.2. The molecule has 0 aromatic heterocycles. The summed E-state index contributed by atoms with van der Waals surface area (Å²) in [6.45, 7) is 0. The van der Waals surface area contributed by atoms with Gasteiger partial charge in [-0.05, 0) is 29.3 Å². The molecule has 2 heteroatoms. The summed E-state index contributed by atoms with van der Waals surface area (Å²) in [5.41, 5.74) is 2.22. The maximum atomic E-state index is 9.16. The van der Waals surface area contributed by atoms with Crippen molar-refractivity contribution in [3.63, 3.8) is 0 Å². The van der Waals surface area contributed by atoms with Crippen LogP contribution in [0.15, 0.2) is 53.0 Å². The highest BCUT2D eigenvalue weighted by atomic mass is 79.9. The van der Waals surface area contributed by atoms with Crippen molar-refractivity contribution >= 4 is 15.9 Å². The fraction of sp³-hybridized carbons (Fsp3) is 0. The fourth-order valence-corrected chi connectivity index (χ4v) is 1.85. The molecule has 0 spiro atoms. The van der Waals surface area contributed by atoms with Crippen LogP contribution in [0.1, 0.15) is 0 Å². The molecular formula is C12H9BrO. The third-order valence-corrected chi connectivity index (χ3v) is 2.74. The number of hydrogen-bond donors (Lipinski definition) is 1. The smallest absolute Gasteiger partial charge is 0.115 e. The average Bonchev–Trinajstić information content (AvgIpc) is 2.20. The first-order chi connectivity index (χ1) is 6.77. The van der Waals surface area contributed by atoms with E-state index in [0.717, 1.165) is 15.6 Å². The Morgan fingerprint density at radius 3 is 2.14 bits per heavy atom. The van der Waals surface area contributed by atoms with Crippen LogP contribution >= 0.6 is 15.9 Å². The van der Waals surface area contributed by atoms with Crippen LogP contribution in [0.4, 0.5) is 0 Å². The van der Waals surface area contributed by atoms with E-state index < -0.39 is 0 Å². The third-order valence-electron chi connectivity index (χ3n) is 2.05. The van der Waals surface area contributed by atoms with Crippen molar-refractivity contribution in [2.45, 2.75) is 0 Å². The Hall–Kier alpha value is -1.28. The Morgan fingerprint density at radius 2 is 1.50 bits per heavy atom. The van der Waals surface area contributed by atoms with Gasteiger partial charge in [0, 0.05) is 4.47 Å². The summed E-state index contributed by atoms with van der Waals surface area (Å²) in [4.78, 5) is 0. The van der Waals surface area contributed by atoms with Gasteiger partial charge in [-0.25, -0.2) is 0 Å². The van der Waals surface area contributed by atoms with Crippen molar-refractivity contribution in [2.75, 3.05) is 0 Å². The van der Waals surface area contributed by atoms with Crippen molar-refractivity contribution in [2.24, 2.45) is 0 Å². The highest BCUT2D eigenvalue weighted by molar-refractivity contribution is 9.10. The van der Waals surface area contributed by atoms with E-state index in [9.17, 15) is 0 Å². The lowest BCUT2D eigenvalue weighted by molar-refractivity contribution is 0.475. The van der Waals surface area contributed by atoms with Gasteiger partial charge in [0.25, 0.3) is 0 Å². The zero-order valence-corrected chi connectivity index (χ0v) is 9.03. The molecule has 2 aromatic carbocycles. The van der Waals surface area contributed by atoms with E-state index in [-0.39, 0.29) is 0 Å². The van der Waals surface area contributed by atoms with E-state index in [1.807, 2.05) is 36.4 Å². The molecule has 0 bridgehead atoms. The summed E-state index contributed by atoms with van der Waals surface area (Å²) in [7, 11) is 0. The van der Waals surface area contributed by atoms with E-state index in [0.29, 0.717) is 5.75 Å². The maximum absolute atomic E-state index is 9.16. The molecule has 0 aliphatic rings. The predicted octanol–water partition coefficient (Wildman–Crippen LogP) is 3.82. The number of phenols is 1. The number of rotatable bonds is 1. The Kier molecular flexibility index (Phi) is 2.55. The average molecular weight is 249 g/mol. The van der Waals surface area contributed by atoms with E-state index >= 15 is 0 Å². The molecule has 1 nitrogen and oxygen atoms in total. The summed E-state index contributed by atoms with van der Waals surface area (Å²) in [6.07, 6.45) is 0. The lowest BCUT2D eigenvalue weighted by atomic mass is 10.1. The van der Waals surface area contributed by atoms with Crippen molar-refractivity contribution in [1.82, 2.24) is 0 Å². The number of halogens is 1. The zero-order valence-electron chi connectivity index (χ0n) is 7.44. The zero-order chi connectivity index (χ0) is 9.97. The first-order valence-electron chi connectivity index (χ1n) is 4.31. The molecule has 0 saturated heterocycles. The molecule has 0 amide bonds. The predicted molar refractivity (Wildman–Crippen MR) is 61.2 cm³/mol. The van der Waals surface area contributed by atoms with Crippen LogP contribution in [-0.2, 0) is 0 Å². The van der Waals surface area contributed by atoms with Crippen LogP contribution in [0.5, 0.6) is 5.75 Å². The highest BCUT2D eigenvalue weighted by Crippen LogP contribution is 2.28. The first kappa shape index (κ1) is 9.28. The standard InChI is InChI=1S/C12H9BrO/c13-12-4-2-1-3-11(12)9-5-7-10(14)8-6-9/h1-8,14H. The van der Waals surface area contributed by atoms with Gasteiger partial charge >= 0.3 is 0 Å². The summed E-state index contributed by atoms with van der Waals surface area (Å²) in [5, 5.41) is 9.16. The molecule has 0 fully saturated rings. The Balaban J connectivity index is 2.50. The van der Waals surface area contributed by atoms with Crippen molar-refractivity contribution in [1.29, 1.82) is 0 Å². The number of hydrogen-bond acceptors (Lipinski definition) is 1. The van der Waals surface area contributed by atoms with Crippen LogP contribution < -0.4 is 0 Å². The monoisotopic (exact) mass is 248 g/mol. The van der Waals surface area contributed by atoms with Gasteiger partial charge in [-0.3, -0.25) is 0 Å². The molecule has 14 heavy (non-hydrogen) atoms. The molecule has 2 aromatic rings. The minimum Gasteiger partial charge on any atom is -0.508 e. The summed E-state index contributed by atoms with van der Waals surface area (Å²) >= 11 is 3.49. The van der Waals surface area contributed by atoms with Crippen LogP contribution in [0.3, 0.4) is 0 Å². The van der Waals surface area contributed by atoms with Crippen LogP contribution in [-0.4, -0.2) is 5.11 Å². The Labute approximate surface area is 91.2 Å². The van der Waals surface area contributed by atoms with Crippen molar-refractivity contribution < 1.29 is 5.11 Å². The van der Waals surface area contributed by atoms with Gasteiger partial charge in [-0.2, -0.15) is 0 Å². The van der Waals surface area contributed by atoms with E-state index in [1.54, 1.807) is 12.1 Å². The second-order valence-corrected chi connectivity index (χ2v) is 3.88. The summed E-state index contributed by atoms with van der Waals surface area (Å²) in [5.74, 6) is 0.292. The molecule has 0 heterocycles. The van der Waals surface area contributed by atoms with Gasteiger partial charge in [0.15, 0.2) is 0 Å². The second-order valence-electron chi connectivity index (χ2n) is 3.03. The minimum absolute atomic E-state index is 0.292. The van der Waals surface area contributed by atoms with Crippen LogP contribution in [0.25, 0.3) is 11.1 Å². The van der Waals surface area contributed by atoms with Gasteiger partial charge in [0.05, 0.1) is 0 Å². The molecule has 0 saturated carbocycles. The molecule has 0 aliphatic heterocycles. The molecule has 0 unspecified atom stereocenters. The molecular weight excluding hydrogens is 240 g/mol. The first-order valence-corrected chi connectivity index (χ1v) is 5.10. The second kappa shape index (κ2) is 3.84. The molecule has 1 N–H and O–H groups in total. The number of phenolic OH excluding ortho intramolecular Hbond substituents is 1. The number of aromatic hydroxyl groups is 1. The summed E-state index contributed by atoms with van der Waals surface area (Å²) < 4.78 is 1.06. The SMILES string of the molecule is Oc1ccc(-c2ccccc2Br)cc1. The molecule has 0 aliphatic carbocycles. The molecule has 70 valence electrons. The van der Waals surface area contributed by atoms with Crippen molar-refractivity contribution in [3.05, 3.63) is 53.0 Å². The van der Waals surface area contributed by atoms with Gasteiger partial charge in [-0.15, -0.1) is 0 Å². The van der Waals surface area contributed by atoms with E-state index in [1.165, 1.54) is 0 Å². The van der Waals surface area contributed by atoms with Gasteiger partial charge in [0.1, 0.15) is 5.75 Å². The maximum Gasteiger partial charge on any atom is 0.115 e. The van der Waals surface area contributed by atoms with Gasteiger partial charge in [0.2, 0.25) is 0 Å². The van der Waals surface area contributed by atoms with Gasteiger partial charge in [-0.1, -0.05) is 46.3 Å². The lowest BCUT2D eigenvalue weighted by Gasteiger charge is -2.03. The Bertz CT molecular complexity index is 434. The highest BCUT2D eigenvalue weighted by Gasteiger charge is 2.00. The van der Waals surface area contributed by atoms with E-state index in [2.05, 4.69) is 15.9 Å². The Morgan fingerprint density at radius 1 is 0.857 bits per heavy atom. The van der Waals surface area contributed by atoms with Crippen LogP contribution in [0.2, 0.25) is 0 Å². The minimum atomic E-state index is 0.292. The third kappa shape index (κ3) is 1.80. The normalized spacial score (nSPS) is 10.1. The number of benzene rings is 2. The largest absolute Gasteiger partial charge is 0.508 e. The lowest BCUT2D eigenvalue weighted by Crippen LogP contribution is -1.78. The molecule has 0 atom stereocenters. The fourth-order valence-electron chi connectivity index (χ4n) is 1.34. The molecule has 2 rings (SSSR count). The quantitative estimate of drug-likeness (QED) is 0.814. The van der Waals surface area contributed by atoms with Crippen LogP contribution in [0, 0.1) is 0 Å².